The molecule has 5 aromatic rings. The van der Waals surface area contributed by atoms with Gasteiger partial charge in [0.15, 0.2) is 0 Å². The molecule has 0 fully saturated rings. The Bertz CT molecular complexity index is 1460. The average molecular weight is 488 g/mol. The van der Waals surface area contributed by atoms with E-state index in [1.165, 1.54) is 6.07 Å². The van der Waals surface area contributed by atoms with Gasteiger partial charge in [-0.1, -0.05) is 64.5 Å². The molecule has 0 atom stereocenters. The van der Waals surface area contributed by atoms with Crippen molar-refractivity contribution in [2.24, 2.45) is 0 Å². The molecule has 2 aromatic heterocycles. The lowest BCUT2D eigenvalue weighted by atomic mass is 10.1. The highest BCUT2D eigenvalue weighted by molar-refractivity contribution is 9.10. The zero-order chi connectivity index (χ0) is 22.1. The molecule has 0 aliphatic carbocycles. The number of nitrogens with one attached hydrogen (secondary N) is 2. The van der Waals surface area contributed by atoms with Gasteiger partial charge in [0.1, 0.15) is 11.5 Å². The SMILES string of the molecule is O=C(NCCc1ccccc1F)c1cc2c([nH]c3ccccc32)c(-c2cccc(Br)c2)n1. The predicted molar refractivity (Wildman–Crippen MR) is 129 cm³/mol. The molecule has 0 unspecified atom stereocenters. The predicted octanol–water partition coefficient (Wildman–Crippen LogP) is 6.26. The fourth-order valence-corrected chi connectivity index (χ4v) is 4.31. The van der Waals surface area contributed by atoms with E-state index in [1.807, 2.05) is 54.6 Å². The van der Waals surface area contributed by atoms with E-state index in [1.54, 1.807) is 18.2 Å². The number of aromatic amines is 1. The van der Waals surface area contributed by atoms with E-state index in [2.05, 4.69) is 26.2 Å². The summed E-state index contributed by atoms with van der Waals surface area (Å²) in [7, 11) is 0. The maximum atomic E-state index is 13.9. The Kier molecular flexibility index (Phi) is 5.45. The number of hydrogen-bond donors (Lipinski definition) is 2. The zero-order valence-corrected chi connectivity index (χ0v) is 18.6. The molecule has 0 aliphatic heterocycles. The second kappa shape index (κ2) is 8.55. The van der Waals surface area contributed by atoms with Gasteiger partial charge in [-0.15, -0.1) is 0 Å². The maximum Gasteiger partial charge on any atom is 0.269 e. The smallest absolute Gasteiger partial charge is 0.269 e. The van der Waals surface area contributed by atoms with Crippen LogP contribution in [0.15, 0.2) is 83.3 Å². The fourth-order valence-electron chi connectivity index (χ4n) is 3.91. The number of pyridine rings is 1. The van der Waals surface area contributed by atoms with Crippen molar-refractivity contribution < 1.29 is 9.18 Å². The van der Waals surface area contributed by atoms with E-state index in [4.69, 9.17) is 4.98 Å². The van der Waals surface area contributed by atoms with Crippen LogP contribution < -0.4 is 5.32 Å². The standard InChI is InChI=1S/C26H19BrFN3O/c27-18-8-5-7-17(14-18)24-25-20(19-9-2-4-11-22(19)30-25)15-23(31-24)26(32)29-13-12-16-6-1-3-10-21(16)28/h1-11,14-15,30H,12-13H2,(H,29,32). The summed E-state index contributed by atoms with van der Waals surface area (Å²) in [4.78, 5) is 21.1. The zero-order valence-electron chi connectivity index (χ0n) is 17.0. The van der Waals surface area contributed by atoms with Gasteiger partial charge in [-0.25, -0.2) is 9.37 Å². The lowest BCUT2D eigenvalue weighted by molar-refractivity contribution is 0.0949. The summed E-state index contributed by atoms with van der Waals surface area (Å²) in [5, 5.41) is 4.85. The minimum Gasteiger partial charge on any atom is -0.353 e. The Balaban J connectivity index is 1.53. The molecule has 0 spiro atoms. The number of benzene rings is 3. The summed E-state index contributed by atoms with van der Waals surface area (Å²) in [6.45, 7) is 0.319. The number of amides is 1. The Hall–Kier alpha value is -3.51. The second-order valence-corrected chi connectivity index (χ2v) is 8.47. The number of nitrogens with zero attached hydrogens (tertiary/aromatic N) is 1. The first kappa shape index (κ1) is 20.4. The largest absolute Gasteiger partial charge is 0.353 e. The van der Waals surface area contributed by atoms with Crippen LogP contribution in [0.3, 0.4) is 0 Å². The van der Waals surface area contributed by atoms with Crippen LogP contribution in [0.4, 0.5) is 4.39 Å². The van der Waals surface area contributed by atoms with Gasteiger partial charge in [-0.05, 0) is 42.3 Å². The van der Waals surface area contributed by atoms with E-state index in [0.717, 1.165) is 31.8 Å². The highest BCUT2D eigenvalue weighted by atomic mass is 79.9. The summed E-state index contributed by atoms with van der Waals surface area (Å²) in [6, 6.07) is 24.2. The van der Waals surface area contributed by atoms with Gasteiger partial charge in [0.25, 0.3) is 5.91 Å². The van der Waals surface area contributed by atoms with E-state index < -0.39 is 0 Å². The van der Waals surface area contributed by atoms with Crippen molar-refractivity contribution in [2.75, 3.05) is 6.54 Å². The van der Waals surface area contributed by atoms with Gasteiger partial charge in [0.2, 0.25) is 0 Å². The number of fused-ring (bicyclic) bond motifs is 3. The van der Waals surface area contributed by atoms with Crippen molar-refractivity contribution in [2.45, 2.75) is 6.42 Å². The van der Waals surface area contributed by atoms with E-state index in [-0.39, 0.29) is 11.7 Å². The molecule has 32 heavy (non-hydrogen) atoms. The van der Waals surface area contributed by atoms with Crippen molar-refractivity contribution >= 4 is 43.6 Å². The molecule has 4 nitrogen and oxygen atoms in total. The van der Waals surface area contributed by atoms with Crippen LogP contribution in [-0.4, -0.2) is 22.4 Å². The lowest BCUT2D eigenvalue weighted by Gasteiger charge is -2.09. The lowest BCUT2D eigenvalue weighted by Crippen LogP contribution is -2.26. The average Bonchev–Trinajstić information content (AvgIpc) is 3.18. The molecule has 6 heteroatoms. The number of halogens is 2. The van der Waals surface area contributed by atoms with Crippen LogP contribution in [0.1, 0.15) is 16.1 Å². The summed E-state index contributed by atoms with van der Waals surface area (Å²) >= 11 is 3.52. The number of carbonyl (C=O) groups excluding carboxylic acids is 1. The number of H-pyrrole nitrogens is 1. The van der Waals surface area contributed by atoms with Crippen LogP contribution in [0.25, 0.3) is 33.1 Å². The topological polar surface area (TPSA) is 57.8 Å². The Labute approximate surface area is 192 Å². The van der Waals surface area contributed by atoms with Gasteiger partial charge < -0.3 is 10.3 Å². The highest BCUT2D eigenvalue weighted by Crippen LogP contribution is 2.33. The molecule has 0 aliphatic rings. The van der Waals surface area contributed by atoms with Crippen molar-refractivity contribution in [1.29, 1.82) is 0 Å². The highest BCUT2D eigenvalue weighted by Gasteiger charge is 2.17. The molecule has 1 amide bonds. The van der Waals surface area contributed by atoms with Crippen molar-refractivity contribution in [3.63, 3.8) is 0 Å². The first-order valence-corrected chi connectivity index (χ1v) is 11.1. The van der Waals surface area contributed by atoms with Gasteiger partial charge in [-0.3, -0.25) is 4.79 Å². The Morgan fingerprint density at radius 3 is 2.62 bits per heavy atom. The molecule has 0 bridgehead atoms. The van der Waals surface area contributed by atoms with Crippen molar-refractivity contribution in [1.82, 2.24) is 15.3 Å². The molecule has 2 heterocycles. The molecular weight excluding hydrogens is 469 g/mol. The van der Waals surface area contributed by atoms with Gasteiger partial charge >= 0.3 is 0 Å². The normalized spacial score (nSPS) is 11.2. The van der Waals surface area contributed by atoms with Crippen molar-refractivity contribution in [3.05, 3.63) is 100 Å². The third-order valence-electron chi connectivity index (χ3n) is 5.46. The number of hydrogen-bond acceptors (Lipinski definition) is 2. The molecule has 0 saturated carbocycles. The number of para-hydroxylation sites is 1. The van der Waals surface area contributed by atoms with Gasteiger partial charge in [-0.2, -0.15) is 0 Å². The first-order valence-electron chi connectivity index (χ1n) is 10.3. The summed E-state index contributed by atoms with van der Waals surface area (Å²) in [6.07, 6.45) is 0.409. The molecular formula is C26H19BrFN3O. The Morgan fingerprint density at radius 2 is 1.78 bits per heavy atom. The van der Waals surface area contributed by atoms with Crippen molar-refractivity contribution in [3.8, 4) is 11.3 Å². The molecule has 0 radical (unpaired) electrons. The molecule has 5 rings (SSSR count). The van der Waals surface area contributed by atoms with Crippen LogP contribution in [0.2, 0.25) is 0 Å². The molecule has 0 saturated heterocycles. The first-order chi connectivity index (χ1) is 15.6. The number of rotatable bonds is 5. The van der Waals surface area contributed by atoms with Crippen LogP contribution in [-0.2, 0) is 6.42 Å². The minimum absolute atomic E-state index is 0.267. The quantitative estimate of drug-likeness (QED) is 0.307. The summed E-state index contributed by atoms with van der Waals surface area (Å²) in [5.41, 5.74) is 4.37. The van der Waals surface area contributed by atoms with E-state index in [0.29, 0.717) is 29.9 Å². The number of aromatic nitrogens is 2. The van der Waals surface area contributed by atoms with Crippen LogP contribution >= 0.6 is 15.9 Å². The second-order valence-electron chi connectivity index (χ2n) is 7.56. The fraction of sp³-hybridized carbons (Fsp3) is 0.0769. The maximum absolute atomic E-state index is 13.9. The molecule has 158 valence electrons. The summed E-state index contributed by atoms with van der Waals surface area (Å²) < 4.78 is 14.8. The van der Waals surface area contributed by atoms with E-state index in [9.17, 15) is 9.18 Å². The monoisotopic (exact) mass is 487 g/mol. The third-order valence-corrected chi connectivity index (χ3v) is 5.96. The third kappa shape index (κ3) is 3.89. The molecule has 2 N–H and O–H groups in total. The minimum atomic E-state index is -0.287. The molecule has 3 aromatic carbocycles. The van der Waals surface area contributed by atoms with Crippen LogP contribution in [0.5, 0.6) is 0 Å². The Morgan fingerprint density at radius 1 is 0.969 bits per heavy atom. The van der Waals surface area contributed by atoms with E-state index >= 15 is 0 Å². The number of carbonyl (C=O) groups is 1. The summed E-state index contributed by atoms with van der Waals surface area (Å²) in [5.74, 6) is -0.554. The van der Waals surface area contributed by atoms with Crippen LogP contribution in [0, 0.1) is 5.82 Å². The van der Waals surface area contributed by atoms with Gasteiger partial charge in [0, 0.05) is 32.9 Å². The van der Waals surface area contributed by atoms with Gasteiger partial charge in [0.05, 0.1) is 11.2 Å².